The molecule has 22 heavy (non-hydrogen) atoms. The first-order valence-electron chi connectivity index (χ1n) is 5.15. The van der Waals surface area contributed by atoms with Gasteiger partial charge in [0, 0.05) is 0 Å². The SMILES string of the molecule is COC(=O)c1ccc(OC(F)(F)F)c(C#N)c1SC(F)(F)F. The van der Waals surface area contributed by atoms with Gasteiger partial charge in [-0.3, -0.25) is 0 Å². The van der Waals surface area contributed by atoms with E-state index < -0.39 is 51.4 Å². The molecule has 0 fully saturated rings. The fourth-order valence-corrected chi connectivity index (χ4v) is 2.11. The number of halogens is 6. The van der Waals surface area contributed by atoms with E-state index in [2.05, 4.69) is 9.47 Å². The Morgan fingerprint density at radius 1 is 1.23 bits per heavy atom. The molecule has 0 atom stereocenters. The third-order valence-electron chi connectivity index (χ3n) is 2.08. The van der Waals surface area contributed by atoms with Gasteiger partial charge in [-0.05, 0) is 23.9 Å². The quantitative estimate of drug-likeness (QED) is 0.473. The molecule has 11 heteroatoms. The Morgan fingerprint density at radius 2 is 1.82 bits per heavy atom. The van der Waals surface area contributed by atoms with Gasteiger partial charge in [0.05, 0.1) is 17.6 Å². The van der Waals surface area contributed by atoms with Gasteiger partial charge >= 0.3 is 17.8 Å². The summed E-state index contributed by atoms with van der Waals surface area (Å²) in [4.78, 5) is 10.4. The highest BCUT2D eigenvalue weighted by atomic mass is 32.2. The molecule has 0 saturated carbocycles. The lowest BCUT2D eigenvalue weighted by atomic mass is 10.1. The van der Waals surface area contributed by atoms with Crippen molar-refractivity contribution in [3.05, 3.63) is 23.3 Å². The summed E-state index contributed by atoms with van der Waals surface area (Å²) in [6, 6.07) is 2.40. The monoisotopic (exact) mass is 345 g/mol. The standard InChI is InChI=1S/C11H5F6NO3S/c1-20-9(19)5-2-3-7(21-10(12,13)14)6(4-18)8(5)22-11(15,16)17/h2-3H,1H3. The van der Waals surface area contributed by atoms with E-state index in [0.717, 1.165) is 7.11 Å². The van der Waals surface area contributed by atoms with Crippen LogP contribution in [0.15, 0.2) is 17.0 Å². The third-order valence-corrected chi connectivity index (χ3v) is 2.94. The maximum absolute atomic E-state index is 12.5. The van der Waals surface area contributed by atoms with Crippen molar-refractivity contribution >= 4 is 17.7 Å². The first-order valence-corrected chi connectivity index (χ1v) is 5.97. The number of thioether (sulfide) groups is 1. The van der Waals surface area contributed by atoms with Crippen LogP contribution in [-0.2, 0) is 4.74 Å². The maximum atomic E-state index is 12.5. The molecule has 0 amide bonds. The summed E-state index contributed by atoms with van der Waals surface area (Å²) >= 11 is -0.908. The zero-order valence-electron chi connectivity index (χ0n) is 10.5. The van der Waals surface area contributed by atoms with Crippen LogP contribution >= 0.6 is 11.8 Å². The van der Waals surface area contributed by atoms with Gasteiger partial charge in [-0.2, -0.15) is 18.4 Å². The molecule has 1 rings (SSSR count). The molecule has 0 N–H and O–H groups in total. The number of ether oxygens (including phenoxy) is 2. The fourth-order valence-electron chi connectivity index (χ4n) is 1.37. The lowest BCUT2D eigenvalue weighted by Crippen LogP contribution is -2.19. The topological polar surface area (TPSA) is 59.3 Å². The second-order valence-electron chi connectivity index (χ2n) is 3.51. The van der Waals surface area contributed by atoms with Gasteiger partial charge in [-0.25, -0.2) is 4.79 Å². The molecule has 0 radical (unpaired) electrons. The Kier molecular flexibility index (Phi) is 5.18. The van der Waals surface area contributed by atoms with Gasteiger partial charge in [0.2, 0.25) is 0 Å². The van der Waals surface area contributed by atoms with E-state index in [4.69, 9.17) is 5.26 Å². The van der Waals surface area contributed by atoms with E-state index in [1.165, 1.54) is 6.07 Å². The van der Waals surface area contributed by atoms with Crippen molar-refractivity contribution in [3.63, 3.8) is 0 Å². The van der Waals surface area contributed by atoms with Crippen molar-refractivity contribution in [1.82, 2.24) is 0 Å². The summed E-state index contributed by atoms with van der Waals surface area (Å²) in [5.74, 6) is -2.38. The van der Waals surface area contributed by atoms with Crippen LogP contribution < -0.4 is 4.74 Å². The smallest absolute Gasteiger partial charge is 0.465 e. The predicted molar refractivity (Wildman–Crippen MR) is 61.1 cm³/mol. The number of hydrogen-bond donors (Lipinski definition) is 0. The maximum Gasteiger partial charge on any atom is 0.573 e. The van der Waals surface area contributed by atoms with Gasteiger partial charge in [0.25, 0.3) is 0 Å². The molecule has 1 aromatic carbocycles. The molecule has 0 aliphatic heterocycles. The number of rotatable bonds is 3. The summed E-state index contributed by atoms with van der Waals surface area (Å²) in [5, 5.41) is 8.84. The summed E-state index contributed by atoms with van der Waals surface area (Å²) in [7, 11) is 0.872. The molecule has 120 valence electrons. The predicted octanol–water partition coefficient (Wildman–Crippen LogP) is 3.86. The average molecular weight is 345 g/mol. The lowest BCUT2D eigenvalue weighted by molar-refractivity contribution is -0.274. The number of methoxy groups -OCH3 is 1. The van der Waals surface area contributed by atoms with Crippen molar-refractivity contribution in [2.24, 2.45) is 0 Å². The molecule has 0 heterocycles. The molecule has 0 bridgehead atoms. The first kappa shape index (κ1) is 18.0. The third kappa shape index (κ3) is 4.73. The minimum absolute atomic E-state index is 0.568. The number of benzene rings is 1. The number of nitriles is 1. The minimum Gasteiger partial charge on any atom is -0.465 e. The molecule has 4 nitrogen and oxygen atoms in total. The number of esters is 1. The van der Waals surface area contributed by atoms with E-state index in [0.29, 0.717) is 12.1 Å². The highest BCUT2D eigenvalue weighted by Crippen LogP contribution is 2.43. The number of nitrogens with zero attached hydrogens (tertiary/aromatic N) is 1. The highest BCUT2D eigenvalue weighted by molar-refractivity contribution is 8.00. The summed E-state index contributed by atoms with van der Waals surface area (Å²) in [5.41, 5.74) is -6.70. The number of carbonyl (C=O) groups excluding carboxylic acids is 1. The van der Waals surface area contributed by atoms with E-state index in [1.807, 2.05) is 0 Å². The average Bonchev–Trinajstić information content (AvgIpc) is 2.34. The van der Waals surface area contributed by atoms with Crippen molar-refractivity contribution in [2.75, 3.05) is 7.11 Å². The van der Waals surface area contributed by atoms with E-state index in [9.17, 15) is 31.1 Å². The molecule has 0 unspecified atom stereocenters. The first-order chi connectivity index (χ1) is 9.98. The van der Waals surface area contributed by atoms with E-state index in [-0.39, 0.29) is 0 Å². The molecule has 0 aliphatic rings. The summed E-state index contributed by atoms with van der Waals surface area (Å²) < 4.78 is 81.9. The van der Waals surface area contributed by atoms with Crippen LogP contribution in [0.3, 0.4) is 0 Å². The van der Waals surface area contributed by atoms with Crippen LogP contribution in [0.25, 0.3) is 0 Å². The van der Waals surface area contributed by atoms with E-state index in [1.54, 1.807) is 0 Å². The Bertz CT molecular complexity index is 620. The van der Waals surface area contributed by atoms with Gasteiger partial charge in [0.15, 0.2) is 0 Å². The zero-order chi connectivity index (χ0) is 17.1. The lowest BCUT2D eigenvalue weighted by Gasteiger charge is -2.15. The van der Waals surface area contributed by atoms with Crippen LogP contribution in [-0.4, -0.2) is 24.9 Å². The largest absolute Gasteiger partial charge is 0.573 e. The van der Waals surface area contributed by atoms with Crippen LogP contribution in [0.5, 0.6) is 5.75 Å². The molecule has 0 aliphatic carbocycles. The number of alkyl halides is 6. The number of hydrogen-bond acceptors (Lipinski definition) is 5. The normalized spacial score (nSPS) is 11.7. The molecule has 0 saturated heterocycles. The number of carbonyl (C=O) groups is 1. The van der Waals surface area contributed by atoms with Crippen LogP contribution in [0, 0.1) is 11.3 Å². The molecule has 0 spiro atoms. The molecule has 1 aromatic rings. The zero-order valence-corrected chi connectivity index (χ0v) is 11.3. The molecular weight excluding hydrogens is 340 g/mol. The fraction of sp³-hybridized carbons (Fsp3) is 0.273. The van der Waals surface area contributed by atoms with Gasteiger partial charge < -0.3 is 9.47 Å². The van der Waals surface area contributed by atoms with Crippen LogP contribution in [0.4, 0.5) is 26.3 Å². The molecule has 0 aromatic heterocycles. The van der Waals surface area contributed by atoms with Crippen molar-refractivity contribution in [2.45, 2.75) is 16.8 Å². The summed E-state index contributed by atoms with van der Waals surface area (Å²) in [6.07, 6.45) is -5.21. The van der Waals surface area contributed by atoms with Crippen LogP contribution in [0.1, 0.15) is 15.9 Å². The second-order valence-corrected chi connectivity index (χ2v) is 4.59. The Balaban J connectivity index is 3.52. The minimum atomic E-state index is -5.21. The van der Waals surface area contributed by atoms with Crippen molar-refractivity contribution in [3.8, 4) is 11.8 Å². The van der Waals surface area contributed by atoms with Gasteiger partial charge in [-0.1, -0.05) is 0 Å². The van der Waals surface area contributed by atoms with Crippen molar-refractivity contribution < 1.29 is 40.6 Å². The van der Waals surface area contributed by atoms with Crippen LogP contribution in [0.2, 0.25) is 0 Å². The second kappa shape index (κ2) is 6.35. The van der Waals surface area contributed by atoms with Crippen molar-refractivity contribution in [1.29, 1.82) is 5.26 Å². The Hall–Kier alpha value is -2.09. The molecular formula is C11H5F6NO3S. The van der Waals surface area contributed by atoms with Gasteiger partial charge in [-0.15, -0.1) is 13.2 Å². The highest BCUT2D eigenvalue weighted by Gasteiger charge is 2.37. The summed E-state index contributed by atoms with van der Waals surface area (Å²) in [6.45, 7) is 0. The van der Waals surface area contributed by atoms with E-state index >= 15 is 0 Å². The van der Waals surface area contributed by atoms with Gasteiger partial charge in [0.1, 0.15) is 17.4 Å². The Labute approximate surface area is 123 Å². The Morgan fingerprint density at radius 3 is 2.23 bits per heavy atom.